The fourth-order valence-electron chi connectivity index (χ4n) is 4.11. The summed E-state index contributed by atoms with van der Waals surface area (Å²) in [5, 5.41) is 13.1. The third-order valence-corrected chi connectivity index (χ3v) is 5.90. The van der Waals surface area contributed by atoms with Gasteiger partial charge >= 0.3 is 5.97 Å². The molecular weight excluding hydrogens is 452 g/mol. The molecule has 0 bridgehead atoms. The molecule has 5 aromatic rings. The summed E-state index contributed by atoms with van der Waals surface area (Å²) in [5.74, 6) is -0.571. The van der Waals surface area contributed by atoms with Crippen molar-refractivity contribution in [3.63, 3.8) is 0 Å². The van der Waals surface area contributed by atoms with Crippen molar-refractivity contribution >= 4 is 45.3 Å². The van der Waals surface area contributed by atoms with Crippen molar-refractivity contribution in [1.29, 1.82) is 0 Å². The molecule has 5 rings (SSSR count). The van der Waals surface area contributed by atoms with Crippen LogP contribution in [-0.2, 0) is 4.74 Å². The number of nitrogens with one attached hydrogen (secondary N) is 1. The average molecular weight is 473 g/mol. The lowest BCUT2D eigenvalue weighted by atomic mass is 10.0. The molecule has 0 fully saturated rings. The summed E-state index contributed by atoms with van der Waals surface area (Å²) in [5.41, 5.74) is 6.56. The van der Waals surface area contributed by atoms with Gasteiger partial charge in [-0.3, -0.25) is 0 Å². The first-order valence-electron chi connectivity index (χ1n) is 10.7. The summed E-state index contributed by atoms with van der Waals surface area (Å²) in [6.45, 7) is 4.01. The van der Waals surface area contributed by atoms with Gasteiger partial charge in [-0.15, -0.1) is 5.10 Å². The number of halogens is 1. The Morgan fingerprint density at radius 3 is 2.68 bits per heavy atom. The van der Waals surface area contributed by atoms with Gasteiger partial charge in [-0.1, -0.05) is 48.0 Å². The predicted octanol–water partition coefficient (Wildman–Crippen LogP) is 6.36. The van der Waals surface area contributed by atoms with E-state index in [0.29, 0.717) is 22.4 Å². The number of methoxy groups -OCH3 is 1. The highest BCUT2D eigenvalue weighted by Gasteiger charge is 2.22. The van der Waals surface area contributed by atoms with Crippen LogP contribution in [0.1, 0.15) is 34.6 Å². The van der Waals surface area contributed by atoms with Gasteiger partial charge in [0, 0.05) is 16.5 Å². The second kappa shape index (κ2) is 8.76. The summed E-state index contributed by atoms with van der Waals surface area (Å²) in [4.78, 5) is 16.4. The molecule has 0 radical (unpaired) electrons. The Hall–Kier alpha value is -3.97. The zero-order valence-corrected chi connectivity index (χ0v) is 19.6. The lowest BCUT2D eigenvalue weighted by Gasteiger charge is -2.18. The Balaban J connectivity index is 1.64. The van der Waals surface area contributed by atoms with Gasteiger partial charge in [0.1, 0.15) is 16.3 Å². The summed E-state index contributed by atoms with van der Waals surface area (Å²) in [7, 11) is 1.31. The number of carbonyl (C=O) groups is 1. The van der Waals surface area contributed by atoms with Crippen LogP contribution in [0.2, 0.25) is 5.15 Å². The lowest BCUT2D eigenvalue weighted by molar-refractivity contribution is 0.0595. The molecule has 3 heterocycles. The number of ether oxygens (including phenoxy) is 1. The number of pyridine rings is 1. The highest BCUT2D eigenvalue weighted by Crippen LogP contribution is 2.38. The second-order valence-corrected chi connectivity index (χ2v) is 8.41. The molecule has 3 aromatic heterocycles. The van der Waals surface area contributed by atoms with Gasteiger partial charge in [-0.05, 0) is 43.2 Å². The van der Waals surface area contributed by atoms with E-state index in [0.717, 1.165) is 27.6 Å². The largest absolute Gasteiger partial charge is 0.464 e. The monoisotopic (exact) mass is 472 g/mol. The fourth-order valence-corrected chi connectivity index (χ4v) is 4.26. The van der Waals surface area contributed by atoms with Crippen LogP contribution >= 0.6 is 11.6 Å². The molecule has 0 aliphatic carbocycles. The smallest absolute Gasteiger partial charge is 0.358 e. The molecule has 1 N–H and O–H groups in total. The van der Waals surface area contributed by atoms with E-state index in [-0.39, 0.29) is 16.9 Å². The Morgan fingerprint density at radius 1 is 1.12 bits per heavy atom. The van der Waals surface area contributed by atoms with Crippen LogP contribution in [-0.4, -0.2) is 28.3 Å². The summed E-state index contributed by atoms with van der Waals surface area (Å²) in [6.07, 6.45) is 1.72. The molecule has 0 amide bonds. The maximum atomic E-state index is 12.2. The van der Waals surface area contributed by atoms with E-state index < -0.39 is 5.97 Å². The van der Waals surface area contributed by atoms with Gasteiger partial charge < -0.3 is 14.5 Å². The third-order valence-electron chi connectivity index (χ3n) is 5.69. The van der Waals surface area contributed by atoms with Crippen LogP contribution in [0.3, 0.4) is 0 Å². The summed E-state index contributed by atoms with van der Waals surface area (Å²) < 4.78 is 11.3. The Kier molecular flexibility index (Phi) is 5.63. The van der Waals surface area contributed by atoms with Crippen LogP contribution in [0.15, 0.2) is 65.2 Å². The zero-order chi connectivity index (χ0) is 23.8. The van der Waals surface area contributed by atoms with Crippen LogP contribution in [0.25, 0.3) is 33.2 Å². The number of nitrogens with zero attached hydrogens (tertiary/aromatic N) is 3. The van der Waals surface area contributed by atoms with E-state index >= 15 is 0 Å². The van der Waals surface area contributed by atoms with Crippen molar-refractivity contribution < 1.29 is 13.9 Å². The molecule has 1 atom stereocenters. The van der Waals surface area contributed by atoms with Gasteiger partial charge in [-0.2, -0.15) is 5.10 Å². The van der Waals surface area contributed by atoms with Crippen LogP contribution in [0.5, 0.6) is 0 Å². The van der Waals surface area contributed by atoms with Gasteiger partial charge in [-0.25, -0.2) is 9.78 Å². The minimum atomic E-state index is -0.571. The number of furan rings is 1. The highest BCUT2D eigenvalue weighted by atomic mass is 35.5. The van der Waals surface area contributed by atoms with Gasteiger partial charge in [0.25, 0.3) is 0 Å². The van der Waals surface area contributed by atoms with E-state index in [1.54, 1.807) is 18.3 Å². The number of esters is 1. The second-order valence-electron chi connectivity index (χ2n) is 8.02. The van der Waals surface area contributed by atoms with E-state index in [2.05, 4.69) is 26.6 Å². The fraction of sp³-hybridized carbons (Fsp3) is 0.154. The molecular formula is C26H21ClN4O3. The molecule has 0 saturated carbocycles. The number of aromatic nitrogens is 3. The van der Waals surface area contributed by atoms with Crippen molar-refractivity contribution in [2.45, 2.75) is 19.9 Å². The highest BCUT2D eigenvalue weighted by molar-refractivity contribution is 6.29. The first-order chi connectivity index (χ1) is 16.5. The molecule has 34 heavy (non-hydrogen) atoms. The Labute approximate surface area is 200 Å². The van der Waals surface area contributed by atoms with E-state index in [1.807, 2.05) is 50.2 Å². The van der Waals surface area contributed by atoms with Crippen molar-refractivity contribution in [3.8, 4) is 11.1 Å². The first kappa shape index (κ1) is 21.9. The summed E-state index contributed by atoms with van der Waals surface area (Å²) in [6, 6.07) is 17.2. The molecule has 0 saturated heterocycles. The van der Waals surface area contributed by atoms with Crippen molar-refractivity contribution in [1.82, 2.24) is 15.2 Å². The molecule has 0 unspecified atom stereocenters. The van der Waals surface area contributed by atoms with Crippen LogP contribution < -0.4 is 5.32 Å². The topological polar surface area (TPSA) is 90.1 Å². The number of carbonyl (C=O) groups excluding carboxylic acids is 1. The zero-order valence-electron chi connectivity index (χ0n) is 18.8. The molecule has 0 spiro atoms. The number of fused-ring (bicyclic) bond motifs is 3. The van der Waals surface area contributed by atoms with Gasteiger partial charge in [0.15, 0.2) is 11.3 Å². The molecule has 7 nitrogen and oxygen atoms in total. The van der Waals surface area contributed by atoms with Crippen LogP contribution in [0, 0.1) is 6.92 Å². The average Bonchev–Trinajstić information content (AvgIpc) is 3.23. The molecule has 0 aliphatic heterocycles. The normalized spacial score (nSPS) is 12.1. The first-order valence-corrected chi connectivity index (χ1v) is 11.1. The standard InChI is InChI=1S/C26H21ClN4O3/c1-14-11-17(15(2)29-20-9-10-21(27)30-23(20)26(32)33-3)24-18(12-14)22-25(34-24)19(13-28-31-22)16-7-5-4-6-8-16/h4-13,15,29H,1-3H3/t15-/m1/s1. The molecule has 8 heteroatoms. The maximum Gasteiger partial charge on any atom is 0.358 e. The van der Waals surface area contributed by atoms with Gasteiger partial charge in [0.05, 0.1) is 25.0 Å². The number of benzene rings is 2. The Bertz CT molecular complexity index is 1530. The van der Waals surface area contributed by atoms with Crippen molar-refractivity contribution in [2.24, 2.45) is 0 Å². The summed E-state index contributed by atoms with van der Waals surface area (Å²) >= 11 is 6.01. The predicted molar refractivity (Wildman–Crippen MR) is 132 cm³/mol. The van der Waals surface area contributed by atoms with E-state index in [4.69, 9.17) is 20.8 Å². The minimum Gasteiger partial charge on any atom is -0.464 e. The van der Waals surface area contributed by atoms with E-state index in [1.165, 1.54) is 7.11 Å². The Morgan fingerprint density at radius 2 is 1.91 bits per heavy atom. The molecule has 170 valence electrons. The molecule has 2 aromatic carbocycles. The van der Waals surface area contributed by atoms with E-state index in [9.17, 15) is 4.79 Å². The van der Waals surface area contributed by atoms with Crippen molar-refractivity contribution in [3.05, 3.63) is 82.8 Å². The number of anilines is 1. The number of aryl methyl sites for hydroxylation is 1. The number of rotatable bonds is 5. The minimum absolute atomic E-state index is 0.118. The van der Waals surface area contributed by atoms with Gasteiger partial charge in [0.2, 0.25) is 0 Å². The maximum absolute atomic E-state index is 12.2. The quantitative estimate of drug-likeness (QED) is 0.235. The van der Waals surface area contributed by atoms with Crippen LogP contribution in [0.4, 0.5) is 5.69 Å². The van der Waals surface area contributed by atoms with Crippen molar-refractivity contribution in [2.75, 3.05) is 12.4 Å². The lowest BCUT2D eigenvalue weighted by Crippen LogP contribution is -2.13. The SMILES string of the molecule is COC(=O)c1nc(Cl)ccc1N[C@H](C)c1cc(C)cc2c1oc1c(-c3ccccc3)cnnc12. The third kappa shape index (κ3) is 3.84. The molecule has 0 aliphatic rings. The number of hydrogen-bond donors (Lipinski definition) is 1. The number of hydrogen-bond acceptors (Lipinski definition) is 7.